The fourth-order valence-corrected chi connectivity index (χ4v) is 4.58. The molecule has 3 heterocycles. The van der Waals surface area contributed by atoms with E-state index in [1.54, 1.807) is 11.9 Å². The van der Waals surface area contributed by atoms with E-state index >= 15 is 0 Å². The van der Waals surface area contributed by atoms with Gasteiger partial charge in [-0.2, -0.15) is 0 Å². The number of aliphatic imine (C=N–C) groups is 1. The lowest BCUT2D eigenvalue weighted by atomic mass is 10.3. The lowest BCUT2D eigenvalue weighted by Crippen LogP contribution is -2.23. The number of nitrogens with zero attached hydrogens (tertiary/aromatic N) is 3. The van der Waals surface area contributed by atoms with Crippen LogP contribution in [0.3, 0.4) is 0 Å². The summed E-state index contributed by atoms with van der Waals surface area (Å²) >= 11 is 4.86. The molecule has 2 aliphatic rings. The number of thioether (sulfide) groups is 1. The van der Waals surface area contributed by atoms with Crippen LogP contribution in [0.5, 0.6) is 11.5 Å². The number of amidine groups is 1. The maximum absolute atomic E-state index is 12.8. The summed E-state index contributed by atoms with van der Waals surface area (Å²) in [6.45, 7) is 0.215. The van der Waals surface area contributed by atoms with Crippen LogP contribution in [0.1, 0.15) is 5.69 Å². The van der Waals surface area contributed by atoms with Gasteiger partial charge in [0.05, 0.1) is 10.6 Å². The highest BCUT2D eigenvalue weighted by Gasteiger charge is 2.30. The smallest absolute Gasteiger partial charge is 0.266 e. The van der Waals surface area contributed by atoms with Crippen molar-refractivity contribution in [2.75, 3.05) is 13.8 Å². The quantitative estimate of drug-likeness (QED) is 0.482. The fourth-order valence-electron chi connectivity index (χ4n) is 3.22. The number of carbonyl (C=O) groups excluding carboxylic acids is 1. The summed E-state index contributed by atoms with van der Waals surface area (Å²) in [6, 6.07) is 17.4. The van der Waals surface area contributed by atoms with Crippen molar-refractivity contribution in [1.29, 1.82) is 0 Å². The highest BCUT2D eigenvalue weighted by molar-refractivity contribution is 9.10. The van der Waals surface area contributed by atoms with E-state index in [1.165, 1.54) is 11.8 Å². The third-order valence-corrected chi connectivity index (χ3v) is 6.28. The van der Waals surface area contributed by atoms with E-state index in [9.17, 15) is 4.79 Å². The van der Waals surface area contributed by atoms with Gasteiger partial charge in [0.2, 0.25) is 6.79 Å². The molecule has 6 nitrogen and oxygen atoms in total. The van der Waals surface area contributed by atoms with Gasteiger partial charge in [-0.05, 0) is 60.3 Å². The minimum Gasteiger partial charge on any atom is -0.454 e. The standard InChI is InChI=1S/C22H16BrN3O3S/c1-25-21(27)20(12-17-6-3-9-26(17)16-5-2-4-14(23)10-16)30-22(25)24-15-7-8-18-19(11-15)29-13-28-18/h2-12H,13H2,1H3/b20-12-,24-22?. The molecule has 5 rings (SSSR count). The first-order valence-electron chi connectivity index (χ1n) is 9.18. The molecule has 30 heavy (non-hydrogen) atoms. The monoisotopic (exact) mass is 481 g/mol. The summed E-state index contributed by atoms with van der Waals surface area (Å²) in [5.41, 5.74) is 2.64. The number of benzene rings is 2. The molecule has 1 fully saturated rings. The topological polar surface area (TPSA) is 56.1 Å². The first-order valence-corrected chi connectivity index (χ1v) is 10.8. The molecular formula is C22H16BrN3O3S. The predicted octanol–water partition coefficient (Wildman–Crippen LogP) is 5.20. The molecule has 0 aliphatic carbocycles. The molecule has 0 saturated carbocycles. The van der Waals surface area contributed by atoms with Crippen LogP contribution < -0.4 is 9.47 Å². The Morgan fingerprint density at radius 3 is 2.83 bits per heavy atom. The van der Waals surface area contributed by atoms with Gasteiger partial charge in [-0.25, -0.2) is 4.99 Å². The van der Waals surface area contributed by atoms with Gasteiger partial charge in [0.25, 0.3) is 5.91 Å². The van der Waals surface area contributed by atoms with Crippen molar-refractivity contribution in [3.05, 3.63) is 75.9 Å². The SMILES string of the molecule is CN1C(=O)/C(=C/c2cccn2-c2cccc(Br)c2)SC1=Nc1ccc2c(c1)OCO2. The van der Waals surface area contributed by atoms with Gasteiger partial charge in [0.1, 0.15) is 0 Å². The maximum atomic E-state index is 12.8. The van der Waals surface area contributed by atoms with Crippen molar-refractivity contribution in [2.24, 2.45) is 4.99 Å². The number of amides is 1. The molecule has 0 spiro atoms. The van der Waals surface area contributed by atoms with Gasteiger partial charge in [-0.1, -0.05) is 22.0 Å². The molecule has 2 aromatic carbocycles. The summed E-state index contributed by atoms with van der Waals surface area (Å²) < 4.78 is 13.8. The highest BCUT2D eigenvalue weighted by Crippen LogP contribution is 2.38. The predicted molar refractivity (Wildman–Crippen MR) is 121 cm³/mol. The molecule has 0 atom stereocenters. The van der Waals surface area contributed by atoms with Crippen molar-refractivity contribution >= 4 is 50.5 Å². The molecule has 150 valence electrons. The van der Waals surface area contributed by atoms with E-state index in [2.05, 4.69) is 20.9 Å². The highest BCUT2D eigenvalue weighted by atomic mass is 79.9. The second-order valence-electron chi connectivity index (χ2n) is 6.69. The van der Waals surface area contributed by atoms with E-state index in [-0.39, 0.29) is 12.7 Å². The molecule has 0 bridgehead atoms. The van der Waals surface area contributed by atoms with Crippen LogP contribution in [-0.2, 0) is 4.79 Å². The largest absolute Gasteiger partial charge is 0.454 e. The summed E-state index contributed by atoms with van der Waals surface area (Å²) in [5, 5.41) is 0.616. The summed E-state index contributed by atoms with van der Waals surface area (Å²) in [7, 11) is 1.73. The molecule has 0 N–H and O–H groups in total. The van der Waals surface area contributed by atoms with Crippen LogP contribution in [0.2, 0.25) is 0 Å². The van der Waals surface area contributed by atoms with Gasteiger partial charge in [0, 0.05) is 35.2 Å². The Hall–Kier alpha value is -2.97. The van der Waals surface area contributed by atoms with Gasteiger partial charge >= 0.3 is 0 Å². The molecule has 0 radical (unpaired) electrons. The Morgan fingerprint density at radius 2 is 1.97 bits per heavy atom. The summed E-state index contributed by atoms with van der Waals surface area (Å²) in [6.07, 6.45) is 3.87. The molecule has 2 aliphatic heterocycles. The second kappa shape index (κ2) is 7.70. The van der Waals surface area contributed by atoms with Gasteiger partial charge in [-0.15, -0.1) is 0 Å². The first kappa shape index (κ1) is 19.0. The van der Waals surface area contributed by atoms with E-state index in [0.29, 0.717) is 27.3 Å². The van der Waals surface area contributed by atoms with E-state index in [0.717, 1.165) is 15.9 Å². The second-order valence-corrected chi connectivity index (χ2v) is 8.61. The molecular weight excluding hydrogens is 466 g/mol. The summed E-state index contributed by atoms with van der Waals surface area (Å²) in [4.78, 5) is 19.6. The number of likely N-dealkylation sites (N-methyl/N-ethyl adjacent to an activating group) is 1. The number of halogens is 1. The Bertz CT molecular complexity index is 1220. The van der Waals surface area contributed by atoms with Crippen LogP contribution >= 0.6 is 27.7 Å². The molecule has 1 saturated heterocycles. The third kappa shape index (κ3) is 3.53. The van der Waals surface area contributed by atoms with E-state index in [1.807, 2.05) is 71.4 Å². The average molecular weight is 482 g/mol. The Kier molecular flexibility index (Phi) is 4.88. The number of hydrogen-bond acceptors (Lipinski definition) is 5. The minimum atomic E-state index is -0.0820. The van der Waals surface area contributed by atoms with Crippen LogP contribution in [-0.4, -0.2) is 34.4 Å². The van der Waals surface area contributed by atoms with E-state index < -0.39 is 0 Å². The fraction of sp³-hybridized carbons (Fsp3) is 0.0909. The first-order chi connectivity index (χ1) is 14.6. The average Bonchev–Trinajstić information content (AvgIpc) is 3.45. The van der Waals surface area contributed by atoms with Crippen molar-refractivity contribution in [2.45, 2.75) is 0 Å². The molecule has 8 heteroatoms. The minimum absolute atomic E-state index is 0.0820. The van der Waals surface area contributed by atoms with Gasteiger partial charge < -0.3 is 14.0 Å². The number of rotatable bonds is 3. The molecule has 1 amide bonds. The third-order valence-electron chi connectivity index (χ3n) is 4.73. The molecule has 0 unspecified atom stereocenters. The number of ether oxygens (including phenoxy) is 2. The lowest BCUT2D eigenvalue weighted by molar-refractivity contribution is -0.121. The zero-order valence-corrected chi connectivity index (χ0v) is 18.3. The normalized spacial score (nSPS) is 18.1. The lowest BCUT2D eigenvalue weighted by Gasteiger charge is -2.08. The molecule has 1 aromatic heterocycles. The van der Waals surface area contributed by atoms with Crippen LogP contribution in [0, 0.1) is 0 Å². The van der Waals surface area contributed by atoms with Crippen molar-refractivity contribution in [1.82, 2.24) is 9.47 Å². The van der Waals surface area contributed by atoms with Crippen molar-refractivity contribution in [3.8, 4) is 17.2 Å². The van der Waals surface area contributed by atoms with Gasteiger partial charge in [-0.3, -0.25) is 9.69 Å². The van der Waals surface area contributed by atoms with E-state index in [4.69, 9.17) is 9.47 Å². The van der Waals surface area contributed by atoms with Crippen LogP contribution in [0.25, 0.3) is 11.8 Å². The Labute approximate surface area is 185 Å². The van der Waals surface area contributed by atoms with Crippen LogP contribution in [0.4, 0.5) is 5.69 Å². The Balaban J connectivity index is 1.45. The molecule has 3 aromatic rings. The zero-order valence-electron chi connectivity index (χ0n) is 15.9. The number of hydrogen-bond donors (Lipinski definition) is 0. The number of carbonyl (C=O) groups is 1. The zero-order chi connectivity index (χ0) is 20.7. The summed E-state index contributed by atoms with van der Waals surface area (Å²) in [5.74, 6) is 1.29. The number of aromatic nitrogens is 1. The number of fused-ring (bicyclic) bond motifs is 1. The maximum Gasteiger partial charge on any atom is 0.266 e. The van der Waals surface area contributed by atoms with Crippen LogP contribution in [0.15, 0.2) is 75.2 Å². The Morgan fingerprint density at radius 1 is 1.10 bits per heavy atom. The van der Waals surface area contributed by atoms with Gasteiger partial charge in [0.15, 0.2) is 16.7 Å². The van der Waals surface area contributed by atoms with Crippen molar-refractivity contribution in [3.63, 3.8) is 0 Å². The van der Waals surface area contributed by atoms with Crippen molar-refractivity contribution < 1.29 is 14.3 Å².